The lowest BCUT2D eigenvalue weighted by molar-refractivity contribution is -0.0959. The first kappa shape index (κ1) is 8.91. The Morgan fingerprint density at radius 2 is 2.33 bits per heavy atom. The Bertz CT molecular complexity index is 377. The van der Waals surface area contributed by atoms with E-state index in [-0.39, 0.29) is 5.91 Å². The highest BCUT2D eigenvalue weighted by Gasteiger charge is 2.53. The molecule has 2 N–H and O–H groups in total. The lowest BCUT2D eigenvalue weighted by Gasteiger charge is -2.46. The predicted molar refractivity (Wildman–Crippen MR) is 52.2 cm³/mol. The average Bonchev–Trinajstić information content (AvgIpc) is 2.89. The first-order valence-corrected chi connectivity index (χ1v) is 5.19. The van der Waals surface area contributed by atoms with Crippen molar-refractivity contribution in [2.24, 2.45) is 5.92 Å². The van der Waals surface area contributed by atoms with Crippen LogP contribution in [-0.4, -0.2) is 44.6 Å². The highest BCUT2D eigenvalue weighted by atomic mass is 16.3. The van der Waals surface area contributed by atoms with Crippen molar-refractivity contribution in [1.29, 1.82) is 0 Å². The molecule has 1 saturated heterocycles. The number of H-pyrrole nitrogens is 1. The third-order valence-corrected chi connectivity index (χ3v) is 3.28. The second kappa shape index (κ2) is 2.82. The summed E-state index contributed by atoms with van der Waals surface area (Å²) in [4.78, 5) is 20.0. The first-order chi connectivity index (χ1) is 7.19. The molecule has 15 heavy (non-hydrogen) atoms. The van der Waals surface area contributed by atoms with Gasteiger partial charge in [0.2, 0.25) is 0 Å². The molecule has 0 spiro atoms. The van der Waals surface area contributed by atoms with Crippen LogP contribution in [0.3, 0.4) is 0 Å². The van der Waals surface area contributed by atoms with Crippen LogP contribution in [0.2, 0.25) is 0 Å². The summed E-state index contributed by atoms with van der Waals surface area (Å²) in [6.07, 6.45) is 5.20. The fourth-order valence-corrected chi connectivity index (χ4v) is 2.18. The summed E-state index contributed by atoms with van der Waals surface area (Å²) in [5, 5.41) is 10.0. The Balaban J connectivity index is 1.65. The number of carbonyl (C=O) groups is 1. The number of amides is 1. The van der Waals surface area contributed by atoms with E-state index < -0.39 is 5.60 Å². The maximum atomic E-state index is 11.8. The van der Waals surface area contributed by atoms with E-state index in [0.717, 1.165) is 12.8 Å². The standard InChI is InChI=1S/C10H13N3O2/c14-9(8-3-11-6-12-8)13-4-10(15,5-13)7-1-2-7/h3,6-7,15H,1-2,4-5H2,(H,11,12). The minimum absolute atomic E-state index is 0.0715. The zero-order valence-corrected chi connectivity index (χ0v) is 8.31. The van der Waals surface area contributed by atoms with Crippen LogP contribution in [0.1, 0.15) is 23.3 Å². The van der Waals surface area contributed by atoms with Gasteiger partial charge in [0.25, 0.3) is 5.91 Å². The molecule has 1 aliphatic heterocycles. The van der Waals surface area contributed by atoms with Gasteiger partial charge in [-0.2, -0.15) is 0 Å². The maximum Gasteiger partial charge on any atom is 0.272 e. The number of nitrogens with one attached hydrogen (secondary N) is 1. The average molecular weight is 207 g/mol. The van der Waals surface area contributed by atoms with Crippen molar-refractivity contribution >= 4 is 5.91 Å². The van der Waals surface area contributed by atoms with E-state index in [1.807, 2.05) is 0 Å². The highest BCUT2D eigenvalue weighted by Crippen LogP contribution is 2.44. The van der Waals surface area contributed by atoms with Crippen molar-refractivity contribution in [3.8, 4) is 0 Å². The van der Waals surface area contributed by atoms with Crippen LogP contribution < -0.4 is 0 Å². The van der Waals surface area contributed by atoms with E-state index in [0.29, 0.717) is 24.7 Å². The SMILES string of the molecule is O=C(c1cnc[nH]1)N1CC(O)(C2CC2)C1. The highest BCUT2D eigenvalue weighted by molar-refractivity contribution is 5.92. The van der Waals surface area contributed by atoms with Gasteiger partial charge in [-0.15, -0.1) is 0 Å². The Kier molecular flexibility index (Phi) is 1.68. The monoisotopic (exact) mass is 207 g/mol. The molecule has 0 unspecified atom stereocenters. The second-order valence-corrected chi connectivity index (χ2v) is 4.50. The van der Waals surface area contributed by atoms with Gasteiger partial charge < -0.3 is 15.0 Å². The third kappa shape index (κ3) is 1.34. The molecule has 2 heterocycles. The van der Waals surface area contributed by atoms with Crippen LogP contribution in [0.15, 0.2) is 12.5 Å². The molecule has 0 aromatic carbocycles. The van der Waals surface area contributed by atoms with E-state index >= 15 is 0 Å². The fourth-order valence-electron chi connectivity index (χ4n) is 2.18. The molecule has 0 atom stereocenters. The molecule has 0 radical (unpaired) electrons. The van der Waals surface area contributed by atoms with E-state index in [1.54, 1.807) is 4.90 Å². The second-order valence-electron chi connectivity index (χ2n) is 4.50. The molecular weight excluding hydrogens is 194 g/mol. The maximum absolute atomic E-state index is 11.8. The van der Waals surface area contributed by atoms with E-state index in [2.05, 4.69) is 9.97 Å². The van der Waals surface area contributed by atoms with Gasteiger partial charge in [-0.25, -0.2) is 4.98 Å². The summed E-state index contributed by atoms with van der Waals surface area (Å²) in [5.41, 5.74) is -0.108. The van der Waals surface area contributed by atoms with Gasteiger partial charge in [0.1, 0.15) is 11.3 Å². The van der Waals surface area contributed by atoms with Crippen molar-refractivity contribution in [3.05, 3.63) is 18.2 Å². The van der Waals surface area contributed by atoms with Crippen molar-refractivity contribution in [1.82, 2.24) is 14.9 Å². The van der Waals surface area contributed by atoms with Crippen molar-refractivity contribution in [2.75, 3.05) is 13.1 Å². The zero-order valence-electron chi connectivity index (χ0n) is 8.31. The molecule has 1 aromatic heterocycles. The van der Waals surface area contributed by atoms with Crippen LogP contribution in [0, 0.1) is 5.92 Å². The van der Waals surface area contributed by atoms with Gasteiger partial charge >= 0.3 is 0 Å². The normalized spacial score (nSPS) is 23.7. The van der Waals surface area contributed by atoms with Crippen molar-refractivity contribution < 1.29 is 9.90 Å². The molecule has 3 rings (SSSR count). The largest absolute Gasteiger partial charge is 0.386 e. The molecule has 5 heteroatoms. The molecule has 1 amide bonds. The van der Waals surface area contributed by atoms with E-state index in [1.165, 1.54) is 12.5 Å². The summed E-state index contributed by atoms with van der Waals surface area (Å²) in [5.74, 6) is 0.348. The number of hydrogen-bond donors (Lipinski definition) is 2. The quantitative estimate of drug-likeness (QED) is 0.717. The predicted octanol–water partition coefficient (Wildman–Crippen LogP) is 0.00660. The smallest absolute Gasteiger partial charge is 0.272 e. The summed E-state index contributed by atoms with van der Waals surface area (Å²) in [6.45, 7) is 0.936. The molecular formula is C10H13N3O2. The van der Waals surface area contributed by atoms with Crippen LogP contribution in [0.5, 0.6) is 0 Å². The third-order valence-electron chi connectivity index (χ3n) is 3.28. The van der Waals surface area contributed by atoms with Gasteiger partial charge in [0.05, 0.1) is 25.6 Å². The van der Waals surface area contributed by atoms with Gasteiger partial charge in [-0.1, -0.05) is 0 Å². The number of β-amino-alcohol motifs (C(OH)–C–C–N with tert-alkyl or cyclic N) is 1. The van der Waals surface area contributed by atoms with Crippen molar-refractivity contribution in [2.45, 2.75) is 18.4 Å². The summed E-state index contributed by atoms with van der Waals surface area (Å²) < 4.78 is 0. The van der Waals surface area contributed by atoms with Gasteiger partial charge in [0, 0.05) is 0 Å². The van der Waals surface area contributed by atoms with Crippen LogP contribution in [0.25, 0.3) is 0 Å². The lowest BCUT2D eigenvalue weighted by atomic mass is 9.88. The molecule has 1 aromatic rings. The van der Waals surface area contributed by atoms with E-state index in [9.17, 15) is 9.90 Å². The zero-order chi connectivity index (χ0) is 10.5. The molecule has 80 valence electrons. The van der Waals surface area contributed by atoms with Gasteiger partial charge in [-0.05, 0) is 18.8 Å². The lowest BCUT2D eigenvalue weighted by Crippen LogP contribution is -2.64. The minimum Gasteiger partial charge on any atom is -0.386 e. The van der Waals surface area contributed by atoms with Crippen LogP contribution >= 0.6 is 0 Å². The topological polar surface area (TPSA) is 69.2 Å². The fraction of sp³-hybridized carbons (Fsp3) is 0.600. The number of nitrogens with zero attached hydrogens (tertiary/aromatic N) is 2. The minimum atomic E-state index is -0.602. The molecule has 0 bridgehead atoms. The van der Waals surface area contributed by atoms with E-state index in [4.69, 9.17) is 0 Å². The Hall–Kier alpha value is -1.36. The number of rotatable bonds is 2. The van der Waals surface area contributed by atoms with Crippen molar-refractivity contribution in [3.63, 3.8) is 0 Å². The van der Waals surface area contributed by atoms with Gasteiger partial charge in [0.15, 0.2) is 0 Å². The Labute approximate surface area is 87.1 Å². The molecule has 2 aliphatic rings. The number of aromatic nitrogens is 2. The molecule has 1 saturated carbocycles. The molecule has 1 aliphatic carbocycles. The Morgan fingerprint density at radius 1 is 1.60 bits per heavy atom. The van der Waals surface area contributed by atoms with Crippen LogP contribution in [0.4, 0.5) is 0 Å². The number of aliphatic hydroxyl groups is 1. The number of imidazole rings is 1. The summed E-state index contributed by atoms with van der Waals surface area (Å²) in [6, 6.07) is 0. The van der Waals surface area contributed by atoms with Gasteiger partial charge in [-0.3, -0.25) is 4.79 Å². The number of carbonyl (C=O) groups excluding carboxylic acids is 1. The van der Waals surface area contributed by atoms with Crippen LogP contribution in [-0.2, 0) is 0 Å². The number of aromatic amines is 1. The number of hydrogen-bond acceptors (Lipinski definition) is 3. The Morgan fingerprint density at radius 3 is 2.87 bits per heavy atom. The summed E-state index contributed by atoms with van der Waals surface area (Å²) >= 11 is 0. The number of likely N-dealkylation sites (tertiary alicyclic amines) is 1. The molecule has 2 fully saturated rings. The first-order valence-electron chi connectivity index (χ1n) is 5.19. The summed E-state index contributed by atoms with van der Waals surface area (Å²) in [7, 11) is 0. The molecule has 5 nitrogen and oxygen atoms in total.